The van der Waals surface area contributed by atoms with Gasteiger partial charge in [0.05, 0.1) is 12.8 Å². The molecular formula is C19H23N3O5. The maximum atomic E-state index is 12.8. The van der Waals surface area contributed by atoms with Gasteiger partial charge in [0.1, 0.15) is 0 Å². The number of benzene rings is 1. The molecule has 2 N–H and O–H groups in total. The highest BCUT2D eigenvalue weighted by molar-refractivity contribution is 5.95. The highest BCUT2D eigenvalue weighted by Crippen LogP contribution is 2.31. The van der Waals surface area contributed by atoms with Crippen molar-refractivity contribution in [2.45, 2.75) is 25.7 Å². The number of amides is 1. The molecule has 0 aliphatic carbocycles. The zero-order valence-electron chi connectivity index (χ0n) is 15.2. The average Bonchev–Trinajstić information content (AvgIpc) is 3.21. The number of likely N-dealkylation sites (tertiary alicyclic amines) is 1. The van der Waals surface area contributed by atoms with Gasteiger partial charge in [-0.15, -0.1) is 0 Å². The third kappa shape index (κ3) is 4.58. The van der Waals surface area contributed by atoms with Crippen molar-refractivity contribution >= 4 is 11.9 Å². The first-order valence-corrected chi connectivity index (χ1v) is 8.98. The van der Waals surface area contributed by atoms with Crippen LogP contribution in [0.5, 0.6) is 11.5 Å². The monoisotopic (exact) mass is 373 g/mol. The number of carboxylic acid groups (broad SMARTS) is 1. The Morgan fingerprint density at radius 2 is 2.04 bits per heavy atom. The predicted octanol–water partition coefficient (Wildman–Crippen LogP) is 2.29. The summed E-state index contributed by atoms with van der Waals surface area (Å²) in [5, 5.41) is 15.6. The summed E-state index contributed by atoms with van der Waals surface area (Å²) in [7, 11) is 0. The van der Waals surface area contributed by atoms with Crippen LogP contribution in [0, 0.1) is 0 Å². The number of aromatic nitrogens is 2. The molecule has 1 aliphatic heterocycles. The molecule has 1 aliphatic rings. The van der Waals surface area contributed by atoms with E-state index in [0.717, 1.165) is 12.8 Å². The van der Waals surface area contributed by atoms with Crippen LogP contribution >= 0.6 is 0 Å². The molecule has 8 nitrogen and oxygen atoms in total. The molecule has 0 unspecified atom stereocenters. The number of rotatable bonds is 7. The molecule has 1 amide bonds. The van der Waals surface area contributed by atoms with E-state index >= 15 is 0 Å². The molecule has 2 aromatic rings. The van der Waals surface area contributed by atoms with Gasteiger partial charge in [-0.25, -0.2) is 4.79 Å². The normalized spacial score (nSPS) is 14.8. The lowest BCUT2D eigenvalue weighted by Gasteiger charge is -2.31. The summed E-state index contributed by atoms with van der Waals surface area (Å²) in [6.07, 6.45) is 5.53. The van der Waals surface area contributed by atoms with Gasteiger partial charge in [0.2, 0.25) is 0 Å². The minimum Gasteiger partial charge on any atom is -0.490 e. The van der Waals surface area contributed by atoms with E-state index in [2.05, 4.69) is 10.2 Å². The summed E-state index contributed by atoms with van der Waals surface area (Å²) in [6, 6.07) is 4.84. The lowest BCUT2D eigenvalue weighted by atomic mass is 9.91. The lowest BCUT2D eigenvalue weighted by molar-refractivity contribution is -0.139. The molecule has 1 aromatic carbocycles. The van der Waals surface area contributed by atoms with Gasteiger partial charge in [-0.2, -0.15) is 5.10 Å². The Bertz CT molecular complexity index is 783. The third-order valence-electron chi connectivity index (χ3n) is 4.61. The van der Waals surface area contributed by atoms with Crippen LogP contribution in [0.1, 0.15) is 41.6 Å². The van der Waals surface area contributed by atoms with Crippen molar-refractivity contribution < 1.29 is 24.2 Å². The highest BCUT2D eigenvalue weighted by atomic mass is 16.5. The van der Waals surface area contributed by atoms with Crippen molar-refractivity contribution in [3.05, 3.63) is 41.7 Å². The second-order valence-corrected chi connectivity index (χ2v) is 6.38. The fraction of sp³-hybridized carbons (Fsp3) is 0.421. The topological polar surface area (TPSA) is 105 Å². The Morgan fingerprint density at radius 3 is 2.67 bits per heavy atom. The summed E-state index contributed by atoms with van der Waals surface area (Å²) < 4.78 is 10.7. The molecule has 0 saturated carbocycles. The number of H-pyrrole nitrogens is 1. The zero-order chi connectivity index (χ0) is 19.2. The number of nitrogens with one attached hydrogen (secondary N) is 1. The van der Waals surface area contributed by atoms with Crippen LogP contribution in [0.2, 0.25) is 0 Å². The maximum absolute atomic E-state index is 12.8. The molecule has 2 heterocycles. The molecule has 3 rings (SSSR count). The zero-order valence-corrected chi connectivity index (χ0v) is 15.2. The van der Waals surface area contributed by atoms with E-state index in [1.165, 1.54) is 5.56 Å². The Balaban J connectivity index is 1.67. The van der Waals surface area contributed by atoms with E-state index in [4.69, 9.17) is 14.6 Å². The van der Waals surface area contributed by atoms with Gasteiger partial charge < -0.3 is 19.5 Å². The number of aromatic amines is 1. The number of hydrogen-bond donors (Lipinski definition) is 2. The smallest absolute Gasteiger partial charge is 0.341 e. The molecule has 1 aromatic heterocycles. The second-order valence-electron chi connectivity index (χ2n) is 6.38. The van der Waals surface area contributed by atoms with Crippen LogP contribution in [0.4, 0.5) is 0 Å². The van der Waals surface area contributed by atoms with Crippen molar-refractivity contribution in [2.75, 3.05) is 26.3 Å². The molecule has 1 saturated heterocycles. The summed E-state index contributed by atoms with van der Waals surface area (Å²) in [6.45, 7) is 3.09. The summed E-state index contributed by atoms with van der Waals surface area (Å²) in [5.41, 5.74) is 1.68. The number of carbonyl (C=O) groups is 2. The van der Waals surface area contributed by atoms with Gasteiger partial charge in [-0.1, -0.05) is 0 Å². The summed E-state index contributed by atoms with van der Waals surface area (Å²) in [4.78, 5) is 25.4. The van der Waals surface area contributed by atoms with E-state index in [1.54, 1.807) is 18.2 Å². The first-order chi connectivity index (χ1) is 13.1. The van der Waals surface area contributed by atoms with Gasteiger partial charge in [-0.3, -0.25) is 9.89 Å². The Hall–Kier alpha value is -3.03. The first kappa shape index (κ1) is 18.8. The minimum atomic E-state index is -1.07. The number of hydrogen-bond acceptors (Lipinski definition) is 5. The molecule has 144 valence electrons. The SMILES string of the molecule is CCOc1cc(C(=O)N2CCC(c3cn[nH]c3)CC2)ccc1OCC(=O)O. The fourth-order valence-corrected chi connectivity index (χ4v) is 3.25. The van der Waals surface area contributed by atoms with Crippen LogP contribution in [0.3, 0.4) is 0 Å². The molecule has 0 atom stereocenters. The predicted molar refractivity (Wildman–Crippen MR) is 97.2 cm³/mol. The summed E-state index contributed by atoms with van der Waals surface area (Å²) >= 11 is 0. The summed E-state index contributed by atoms with van der Waals surface area (Å²) in [5.74, 6) is -0.0320. The van der Waals surface area contributed by atoms with Crippen molar-refractivity contribution in [1.29, 1.82) is 0 Å². The van der Waals surface area contributed by atoms with Gasteiger partial charge in [-0.05, 0) is 49.4 Å². The van der Waals surface area contributed by atoms with Crippen LogP contribution in [-0.4, -0.2) is 58.4 Å². The van der Waals surface area contributed by atoms with Gasteiger partial charge in [0.15, 0.2) is 18.1 Å². The maximum Gasteiger partial charge on any atom is 0.341 e. The molecule has 1 fully saturated rings. The standard InChI is InChI=1S/C19H23N3O5/c1-2-26-17-9-14(3-4-16(17)27-12-18(23)24)19(25)22-7-5-13(6-8-22)15-10-20-21-11-15/h3-4,9-11,13H,2,5-8,12H2,1H3,(H,20,21)(H,23,24). The Morgan fingerprint density at radius 1 is 1.26 bits per heavy atom. The molecular weight excluding hydrogens is 350 g/mol. The largest absolute Gasteiger partial charge is 0.490 e. The second kappa shape index (κ2) is 8.57. The molecule has 8 heteroatoms. The Labute approximate surface area is 157 Å². The number of ether oxygens (including phenoxy) is 2. The third-order valence-corrected chi connectivity index (χ3v) is 4.61. The van der Waals surface area contributed by atoms with Crippen molar-refractivity contribution in [3.8, 4) is 11.5 Å². The van der Waals surface area contributed by atoms with E-state index in [0.29, 0.717) is 42.7 Å². The van der Waals surface area contributed by atoms with Crippen molar-refractivity contribution in [3.63, 3.8) is 0 Å². The molecule has 27 heavy (non-hydrogen) atoms. The van der Waals surface area contributed by atoms with Crippen LogP contribution < -0.4 is 9.47 Å². The van der Waals surface area contributed by atoms with E-state index in [1.807, 2.05) is 24.2 Å². The number of piperidine rings is 1. The van der Waals surface area contributed by atoms with Crippen molar-refractivity contribution in [2.24, 2.45) is 0 Å². The minimum absolute atomic E-state index is 0.0635. The van der Waals surface area contributed by atoms with E-state index in [-0.39, 0.29) is 5.91 Å². The first-order valence-electron chi connectivity index (χ1n) is 8.98. The number of carbonyl (C=O) groups excluding carboxylic acids is 1. The van der Waals surface area contributed by atoms with Crippen molar-refractivity contribution in [1.82, 2.24) is 15.1 Å². The highest BCUT2D eigenvalue weighted by Gasteiger charge is 2.25. The van der Waals surface area contributed by atoms with Gasteiger partial charge in [0, 0.05) is 24.8 Å². The molecule has 0 spiro atoms. The van der Waals surface area contributed by atoms with Gasteiger partial charge >= 0.3 is 5.97 Å². The fourth-order valence-electron chi connectivity index (χ4n) is 3.25. The number of nitrogens with zero attached hydrogens (tertiary/aromatic N) is 2. The molecule has 0 radical (unpaired) electrons. The Kier molecular flexibility index (Phi) is 5.95. The quantitative estimate of drug-likeness (QED) is 0.772. The van der Waals surface area contributed by atoms with Gasteiger partial charge in [0.25, 0.3) is 5.91 Å². The van der Waals surface area contributed by atoms with E-state index < -0.39 is 12.6 Å². The van der Waals surface area contributed by atoms with E-state index in [9.17, 15) is 9.59 Å². The lowest BCUT2D eigenvalue weighted by Crippen LogP contribution is -2.37. The number of carboxylic acids is 1. The van der Waals surface area contributed by atoms with Crippen LogP contribution in [0.15, 0.2) is 30.6 Å². The van der Waals surface area contributed by atoms with Crippen LogP contribution in [-0.2, 0) is 4.79 Å². The van der Waals surface area contributed by atoms with Crippen LogP contribution in [0.25, 0.3) is 0 Å². The average molecular weight is 373 g/mol. The number of aliphatic carboxylic acids is 1. The molecule has 0 bridgehead atoms.